The molecule has 0 saturated carbocycles. The first kappa shape index (κ1) is 14.3. The fraction of sp³-hybridized carbons (Fsp3) is 0.471. The van der Waals surface area contributed by atoms with Gasteiger partial charge in [-0.2, -0.15) is 0 Å². The van der Waals surface area contributed by atoms with Gasteiger partial charge < -0.3 is 10.2 Å². The molecule has 4 nitrogen and oxygen atoms in total. The molecule has 1 aliphatic heterocycles. The summed E-state index contributed by atoms with van der Waals surface area (Å²) in [6.45, 7) is 5.17. The quantitative estimate of drug-likeness (QED) is 0.938. The molecule has 0 radical (unpaired) electrons. The van der Waals surface area contributed by atoms with Gasteiger partial charge in [0.1, 0.15) is 6.26 Å². The van der Waals surface area contributed by atoms with E-state index >= 15 is 0 Å². The van der Waals surface area contributed by atoms with Crippen LogP contribution in [0.3, 0.4) is 0 Å². The Hall–Kier alpha value is -1.65. The third kappa shape index (κ3) is 3.34. The molecule has 1 saturated heterocycles. The molecule has 2 aromatic rings. The molecule has 2 atom stereocenters. The molecule has 1 aromatic heterocycles. The van der Waals surface area contributed by atoms with Crippen molar-refractivity contribution in [2.45, 2.75) is 32.4 Å². The van der Waals surface area contributed by atoms with Crippen LogP contribution in [0.2, 0.25) is 0 Å². The zero-order chi connectivity index (χ0) is 14.7. The molecule has 21 heavy (non-hydrogen) atoms. The van der Waals surface area contributed by atoms with Gasteiger partial charge in [-0.25, -0.2) is 4.98 Å². The number of rotatable bonds is 4. The predicted octanol–water partition coefficient (Wildman–Crippen LogP) is 2.90. The van der Waals surface area contributed by atoms with E-state index in [2.05, 4.69) is 16.8 Å². The summed E-state index contributed by atoms with van der Waals surface area (Å²) in [7, 11) is 0. The van der Waals surface area contributed by atoms with E-state index in [0.29, 0.717) is 17.9 Å². The minimum atomic E-state index is 0.350. The zero-order valence-electron chi connectivity index (χ0n) is 12.5. The van der Waals surface area contributed by atoms with Gasteiger partial charge in [0.15, 0.2) is 0 Å². The second-order valence-electron chi connectivity index (χ2n) is 5.87. The molecule has 2 heterocycles. The lowest BCUT2D eigenvalue weighted by atomic mass is 9.91. The summed E-state index contributed by atoms with van der Waals surface area (Å²) in [5.74, 6) is 1.30. The minimum absolute atomic E-state index is 0.350. The SMILES string of the molecule is CCC1CN(Cc2coc(-c3ccccc3)n2)CCC1N. The van der Waals surface area contributed by atoms with E-state index in [1.165, 1.54) is 0 Å². The third-order valence-corrected chi connectivity index (χ3v) is 4.36. The second kappa shape index (κ2) is 6.41. The number of aromatic nitrogens is 1. The maximum atomic E-state index is 6.16. The van der Waals surface area contributed by atoms with Crippen LogP contribution in [0.15, 0.2) is 41.0 Å². The third-order valence-electron chi connectivity index (χ3n) is 4.36. The zero-order valence-corrected chi connectivity index (χ0v) is 12.5. The number of hydrogen-bond donors (Lipinski definition) is 1. The summed E-state index contributed by atoms with van der Waals surface area (Å²) < 4.78 is 5.60. The van der Waals surface area contributed by atoms with Crippen LogP contribution in [-0.4, -0.2) is 29.0 Å². The Labute approximate surface area is 126 Å². The minimum Gasteiger partial charge on any atom is -0.444 e. The Balaban J connectivity index is 1.65. The van der Waals surface area contributed by atoms with Crippen LogP contribution in [0.25, 0.3) is 11.5 Å². The van der Waals surface area contributed by atoms with Crippen molar-refractivity contribution >= 4 is 0 Å². The standard InChI is InChI=1S/C17H23N3O/c1-2-13-10-20(9-8-16(13)18)11-15-12-21-17(19-15)14-6-4-3-5-7-14/h3-7,12-13,16H,2,8-11,18H2,1H3. The van der Waals surface area contributed by atoms with Gasteiger partial charge in [-0.15, -0.1) is 0 Å². The van der Waals surface area contributed by atoms with Crippen LogP contribution < -0.4 is 5.73 Å². The van der Waals surface area contributed by atoms with Crippen LogP contribution in [0, 0.1) is 5.92 Å². The smallest absolute Gasteiger partial charge is 0.226 e. The summed E-state index contributed by atoms with van der Waals surface area (Å²) in [5.41, 5.74) is 8.19. The Kier molecular flexibility index (Phi) is 4.36. The molecular weight excluding hydrogens is 262 g/mol. The Bertz CT molecular complexity index is 566. The normalized spacial score (nSPS) is 23.3. The molecule has 0 aliphatic carbocycles. The molecule has 1 aliphatic rings. The van der Waals surface area contributed by atoms with Crippen molar-refractivity contribution in [2.24, 2.45) is 11.7 Å². The average Bonchev–Trinajstić information content (AvgIpc) is 2.98. The molecule has 3 rings (SSSR count). The van der Waals surface area contributed by atoms with E-state index in [0.717, 1.165) is 43.7 Å². The lowest BCUT2D eigenvalue weighted by Gasteiger charge is -2.36. The van der Waals surface area contributed by atoms with Gasteiger partial charge in [-0.05, 0) is 24.5 Å². The fourth-order valence-corrected chi connectivity index (χ4v) is 3.02. The van der Waals surface area contributed by atoms with Crippen molar-refractivity contribution in [3.05, 3.63) is 42.3 Å². The number of nitrogens with two attached hydrogens (primary N) is 1. The molecule has 0 spiro atoms. The Morgan fingerprint density at radius 3 is 2.90 bits per heavy atom. The van der Waals surface area contributed by atoms with E-state index in [1.54, 1.807) is 6.26 Å². The van der Waals surface area contributed by atoms with Crippen molar-refractivity contribution < 1.29 is 4.42 Å². The van der Waals surface area contributed by atoms with Gasteiger partial charge in [0.25, 0.3) is 0 Å². The topological polar surface area (TPSA) is 55.3 Å². The molecular formula is C17H23N3O. The van der Waals surface area contributed by atoms with E-state index in [4.69, 9.17) is 10.2 Å². The number of hydrogen-bond acceptors (Lipinski definition) is 4. The first-order chi connectivity index (χ1) is 10.3. The van der Waals surface area contributed by atoms with Crippen molar-refractivity contribution in [3.63, 3.8) is 0 Å². The van der Waals surface area contributed by atoms with E-state index in [9.17, 15) is 0 Å². The lowest BCUT2D eigenvalue weighted by molar-refractivity contribution is 0.144. The molecule has 2 unspecified atom stereocenters. The largest absolute Gasteiger partial charge is 0.444 e. The summed E-state index contributed by atoms with van der Waals surface area (Å²) in [5, 5.41) is 0. The predicted molar refractivity (Wildman–Crippen MR) is 83.6 cm³/mol. The fourth-order valence-electron chi connectivity index (χ4n) is 3.02. The molecule has 1 fully saturated rings. The summed E-state index contributed by atoms with van der Waals surface area (Å²) >= 11 is 0. The Morgan fingerprint density at radius 1 is 1.33 bits per heavy atom. The van der Waals surface area contributed by atoms with E-state index in [-0.39, 0.29) is 0 Å². The van der Waals surface area contributed by atoms with Crippen LogP contribution >= 0.6 is 0 Å². The monoisotopic (exact) mass is 285 g/mol. The summed E-state index contributed by atoms with van der Waals surface area (Å²) in [6, 6.07) is 10.4. The number of benzene rings is 1. The maximum absolute atomic E-state index is 6.16. The van der Waals surface area contributed by atoms with Crippen molar-refractivity contribution in [2.75, 3.05) is 13.1 Å². The second-order valence-corrected chi connectivity index (χ2v) is 5.87. The number of oxazole rings is 1. The van der Waals surface area contributed by atoms with E-state index < -0.39 is 0 Å². The van der Waals surface area contributed by atoms with Gasteiger partial charge in [-0.1, -0.05) is 31.5 Å². The highest BCUT2D eigenvalue weighted by Crippen LogP contribution is 2.22. The highest BCUT2D eigenvalue weighted by Gasteiger charge is 2.25. The summed E-state index contributed by atoms with van der Waals surface area (Å²) in [4.78, 5) is 7.04. The van der Waals surface area contributed by atoms with Gasteiger partial charge >= 0.3 is 0 Å². The number of piperidine rings is 1. The molecule has 2 N–H and O–H groups in total. The Morgan fingerprint density at radius 2 is 2.14 bits per heavy atom. The van der Waals surface area contributed by atoms with Crippen molar-refractivity contribution in [3.8, 4) is 11.5 Å². The molecule has 1 aromatic carbocycles. The van der Waals surface area contributed by atoms with Gasteiger partial charge in [0.2, 0.25) is 5.89 Å². The van der Waals surface area contributed by atoms with Crippen molar-refractivity contribution in [1.82, 2.24) is 9.88 Å². The lowest BCUT2D eigenvalue weighted by Crippen LogP contribution is -2.46. The molecule has 0 amide bonds. The van der Waals surface area contributed by atoms with Crippen LogP contribution in [0.1, 0.15) is 25.5 Å². The van der Waals surface area contributed by atoms with Crippen LogP contribution in [-0.2, 0) is 6.54 Å². The van der Waals surface area contributed by atoms with Gasteiger partial charge in [0, 0.05) is 31.2 Å². The first-order valence-corrected chi connectivity index (χ1v) is 7.74. The molecule has 0 bridgehead atoms. The van der Waals surface area contributed by atoms with Crippen LogP contribution in [0.4, 0.5) is 0 Å². The van der Waals surface area contributed by atoms with Gasteiger partial charge in [-0.3, -0.25) is 4.90 Å². The number of nitrogens with zero attached hydrogens (tertiary/aromatic N) is 2. The highest BCUT2D eigenvalue weighted by molar-refractivity contribution is 5.52. The first-order valence-electron chi connectivity index (χ1n) is 7.74. The molecule has 112 valence electrons. The average molecular weight is 285 g/mol. The van der Waals surface area contributed by atoms with Gasteiger partial charge in [0.05, 0.1) is 5.69 Å². The van der Waals surface area contributed by atoms with E-state index in [1.807, 2.05) is 30.3 Å². The van der Waals surface area contributed by atoms with Crippen LogP contribution in [0.5, 0.6) is 0 Å². The van der Waals surface area contributed by atoms with Crippen molar-refractivity contribution in [1.29, 1.82) is 0 Å². The summed E-state index contributed by atoms with van der Waals surface area (Å²) in [6.07, 6.45) is 3.99. The molecule has 4 heteroatoms. The number of likely N-dealkylation sites (tertiary alicyclic amines) is 1. The highest BCUT2D eigenvalue weighted by atomic mass is 16.3. The maximum Gasteiger partial charge on any atom is 0.226 e.